The highest BCUT2D eigenvalue weighted by Crippen LogP contribution is 2.18. The molecule has 0 N–H and O–H groups in total. The SMILES string of the molecule is CCC(C)n1ccc(COc2ccc(C(C)=O)c(F)c2)n1. The number of nitrogens with zero attached hydrogens (tertiary/aromatic N) is 2. The maximum atomic E-state index is 13.7. The van der Waals surface area contributed by atoms with Crippen molar-refractivity contribution in [2.24, 2.45) is 0 Å². The molecule has 112 valence electrons. The fourth-order valence-corrected chi connectivity index (χ4v) is 1.92. The van der Waals surface area contributed by atoms with Crippen LogP contribution in [0.1, 0.15) is 49.3 Å². The highest BCUT2D eigenvalue weighted by Gasteiger charge is 2.09. The zero-order chi connectivity index (χ0) is 15.4. The van der Waals surface area contributed by atoms with Crippen LogP contribution in [0, 0.1) is 5.82 Å². The van der Waals surface area contributed by atoms with E-state index in [4.69, 9.17) is 4.74 Å². The summed E-state index contributed by atoms with van der Waals surface area (Å²) in [6, 6.07) is 6.47. The van der Waals surface area contributed by atoms with Gasteiger partial charge in [0.05, 0.1) is 11.3 Å². The lowest BCUT2D eigenvalue weighted by atomic mass is 10.1. The molecular weight excluding hydrogens is 271 g/mol. The van der Waals surface area contributed by atoms with E-state index >= 15 is 0 Å². The summed E-state index contributed by atoms with van der Waals surface area (Å²) in [5, 5.41) is 4.41. The number of benzene rings is 1. The third-order valence-electron chi connectivity index (χ3n) is 3.41. The summed E-state index contributed by atoms with van der Waals surface area (Å²) >= 11 is 0. The van der Waals surface area contributed by atoms with Crippen molar-refractivity contribution in [2.45, 2.75) is 39.8 Å². The van der Waals surface area contributed by atoms with Gasteiger partial charge in [-0.1, -0.05) is 6.92 Å². The van der Waals surface area contributed by atoms with Crippen LogP contribution in [0.3, 0.4) is 0 Å². The molecule has 0 aliphatic carbocycles. The average molecular weight is 290 g/mol. The van der Waals surface area contributed by atoms with Gasteiger partial charge in [0, 0.05) is 18.3 Å². The van der Waals surface area contributed by atoms with E-state index in [2.05, 4.69) is 18.9 Å². The lowest BCUT2D eigenvalue weighted by Crippen LogP contribution is -2.06. The monoisotopic (exact) mass is 290 g/mol. The maximum Gasteiger partial charge on any atom is 0.162 e. The van der Waals surface area contributed by atoms with Gasteiger partial charge in [-0.2, -0.15) is 5.10 Å². The van der Waals surface area contributed by atoms with Crippen molar-refractivity contribution in [2.75, 3.05) is 0 Å². The lowest BCUT2D eigenvalue weighted by Gasteiger charge is -2.08. The molecular formula is C16H19FN2O2. The van der Waals surface area contributed by atoms with E-state index in [1.165, 1.54) is 19.1 Å². The van der Waals surface area contributed by atoms with E-state index in [9.17, 15) is 9.18 Å². The van der Waals surface area contributed by atoms with E-state index in [-0.39, 0.29) is 18.0 Å². The Bertz CT molecular complexity index is 637. The Morgan fingerprint density at radius 2 is 2.19 bits per heavy atom. The first-order valence-electron chi connectivity index (χ1n) is 6.98. The molecule has 5 heteroatoms. The van der Waals surface area contributed by atoms with E-state index in [1.807, 2.05) is 16.9 Å². The fraction of sp³-hybridized carbons (Fsp3) is 0.375. The first-order chi connectivity index (χ1) is 10.0. The predicted molar refractivity (Wildman–Crippen MR) is 78.0 cm³/mol. The zero-order valence-corrected chi connectivity index (χ0v) is 12.5. The van der Waals surface area contributed by atoms with Crippen molar-refractivity contribution in [1.29, 1.82) is 0 Å². The molecule has 0 fully saturated rings. The minimum Gasteiger partial charge on any atom is -0.487 e. The third kappa shape index (κ3) is 3.68. The van der Waals surface area contributed by atoms with Crippen molar-refractivity contribution >= 4 is 5.78 Å². The molecule has 1 aromatic carbocycles. The van der Waals surface area contributed by atoms with Gasteiger partial charge >= 0.3 is 0 Å². The molecule has 4 nitrogen and oxygen atoms in total. The second kappa shape index (κ2) is 6.52. The molecule has 0 radical (unpaired) electrons. The molecule has 1 unspecified atom stereocenters. The van der Waals surface area contributed by atoms with Crippen LogP contribution in [0.15, 0.2) is 30.5 Å². The van der Waals surface area contributed by atoms with E-state index in [1.54, 1.807) is 6.07 Å². The number of ketones is 1. The van der Waals surface area contributed by atoms with Gasteiger partial charge < -0.3 is 4.74 Å². The number of aromatic nitrogens is 2. The van der Waals surface area contributed by atoms with Gasteiger partial charge in [-0.05, 0) is 38.5 Å². The summed E-state index contributed by atoms with van der Waals surface area (Å²) in [4.78, 5) is 11.2. The Morgan fingerprint density at radius 1 is 1.43 bits per heavy atom. The van der Waals surface area contributed by atoms with Gasteiger partial charge in [0.15, 0.2) is 5.78 Å². The summed E-state index contributed by atoms with van der Waals surface area (Å²) in [6.45, 7) is 5.79. The van der Waals surface area contributed by atoms with Gasteiger partial charge in [-0.15, -0.1) is 0 Å². The molecule has 0 bridgehead atoms. The largest absolute Gasteiger partial charge is 0.487 e. The van der Waals surface area contributed by atoms with Gasteiger partial charge in [-0.3, -0.25) is 9.48 Å². The second-order valence-electron chi connectivity index (χ2n) is 5.03. The molecule has 0 spiro atoms. The Labute approximate surface area is 123 Å². The molecule has 0 aliphatic rings. The quantitative estimate of drug-likeness (QED) is 0.761. The van der Waals surface area contributed by atoms with Crippen LogP contribution in [0.25, 0.3) is 0 Å². The van der Waals surface area contributed by atoms with Crippen molar-refractivity contribution in [3.63, 3.8) is 0 Å². The Kier molecular flexibility index (Phi) is 4.73. The summed E-state index contributed by atoms with van der Waals surface area (Å²) in [7, 11) is 0. The number of hydrogen-bond acceptors (Lipinski definition) is 3. The van der Waals surface area contributed by atoms with Gasteiger partial charge in [0.25, 0.3) is 0 Å². The minimum atomic E-state index is -0.565. The zero-order valence-electron chi connectivity index (χ0n) is 12.5. The van der Waals surface area contributed by atoms with Crippen molar-refractivity contribution in [1.82, 2.24) is 9.78 Å². The number of rotatable bonds is 6. The highest BCUT2D eigenvalue weighted by molar-refractivity contribution is 5.94. The molecule has 0 amide bonds. The maximum absolute atomic E-state index is 13.7. The Hall–Kier alpha value is -2.17. The van der Waals surface area contributed by atoms with Crippen LogP contribution >= 0.6 is 0 Å². The molecule has 0 aliphatic heterocycles. The van der Waals surface area contributed by atoms with Crippen LogP contribution in [0.5, 0.6) is 5.75 Å². The van der Waals surface area contributed by atoms with Crippen LogP contribution in [-0.4, -0.2) is 15.6 Å². The molecule has 1 atom stereocenters. The van der Waals surface area contributed by atoms with Crippen LogP contribution in [0.2, 0.25) is 0 Å². The van der Waals surface area contributed by atoms with Crippen molar-refractivity contribution in [3.05, 3.63) is 47.5 Å². The minimum absolute atomic E-state index is 0.0726. The van der Waals surface area contributed by atoms with Crippen LogP contribution < -0.4 is 4.74 Å². The normalized spacial score (nSPS) is 12.2. The average Bonchev–Trinajstić information content (AvgIpc) is 2.92. The molecule has 1 heterocycles. The molecule has 0 saturated heterocycles. The first kappa shape index (κ1) is 15.2. The molecule has 21 heavy (non-hydrogen) atoms. The van der Waals surface area contributed by atoms with Crippen LogP contribution in [0.4, 0.5) is 4.39 Å². The van der Waals surface area contributed by atoms with E-state index < -0.39 is 5.82 Å². The number of halogens is 1. The summed E-state index contributed by atoms with van der Waals surface area (Å²) in [5.74, 6) is -0.480. The third-order valence-corrected chi connectivity index (χ3v) is 3.41. The van der Waals surface area contributed by atoms with E-state index in [0.717, 1.165) is 12.1 Å². The van der Waals surface area contributed by atoms with Crippen molar-refractivity contribution in [3.8, 4) is 5.75 Å². The first-order valence-corrected chi connectivity index (χ1v) is 6.98. The number of hydrogen-bond donors (Lipinski definition) is 0. The Morgan fingerprint density at radius 3 is 2.81 bits per heavy atom. The lowest BCUT2D eigenvalue weighted by molar-refractivity contribution is 0.101. The van der Waals surface area contributed by atoms with Gasteiger partial charge in [-0.25, -0.2) is 4.39 Å². The smallest absolute Gasteiger partial charge is 0.162 e. The summed E-state index contributed by atoms with van der Waals surface area (Å²) in [5.41, 5.74) is 0.856. The molecule has 0 saturated carbocycles. The molecule has 2 rings (SSSR count). The number of Topliss-reactive ketones (excluding diaryl/α,β-unsaturated/α-hetero) is 1. The second-order valence-corrected chi connectivity index (χ2v) is 5.03. The highest BCUT2D eigenvalue weighted by atomic mass is 19.1. The van der Waals surface area contributed by atoms with Gasteiger partial charge in [0.1, 0.15) is 18.2 Å². The van der Waals surface area contributed by atoms with Crippen LogP contribution in [-0.2, 0) is 6.61 Å². The number of carbonyl (C=O) groups excluding carboxylic acids is 1. The van der Waals surface area contributed by atoms with Crippen molar-refractivity contribution < 1.29 is 13.9 Å². The molecule has 2 aromatic rings. The molecule has 1 aromatic heterocycles. The standard InChI is InChI=1S/C16H19FN2O2/c1-4-11(2)19-8-7-13(18-19)10-21-14-5-6-15(12(3)20)16(17)9-14/h5-9,11H,4,10H2,1-3H3. The fourth-order valence-electron chi connectivity index (χ4n) is 1.92. The number of ether oxygens (including phenoxy) is 1. The topological polar surface area (TPSA) is 44.1 Å². The van der Waals surface area contributed by atoms with Gasteiger partial charge in [0.2, 0.25) is 0 Å². The van der Waals surface area contributed by atoms with E-state index in [0.29, 0.717) is 11.8 Å². The predicted octanol–water partition coefficient (Wildman–Crippen LogP) is 3.77. The summed E-state index contributed by atoms with van der Waals surface area (Å²) < 4.78 is 21.1. The Balaban J connectivity index is 2.01. The number of carbonyl (C=O) groups is 1. The summed E-state index contributed by atoms with van der Waals surface area (Å²) in [6.07, 6.45) is 2.91.